The molecule has 0 atom stereocenters. The van der Waals surface area contributed by atoms with Gasteiger partial charge in [-0.3, -0.25) is 9.69 Å². The van der Waals surface area contributed by atoms with Crippen LogP contribution in [-0.4, -0.2) is 59.5 Å². The summed E-state index contributed by atoms with van der Waals surface area (Å²) < 4.78 is 5.14. The van der Waals surface area contributed by atoms with Gasteiger partial charge in [-0.25, -0.2) is 9.97 Å². The second-order valence-electron chi connectivity index (χ2n) is 5.66. The molecule has 7 nitrogen and oxygen atoms in total. The van der Waals surface area contributed by atoms with Crippen molar-refractivity contribution >= 4 is 12.2 Å². The predicted molar refractivity (Wildman–Crippen MR) is 89.6 cm³/mol. The van der Waals surface area contributed by atoms with Crippen LogP contribution < -0.4 is 9.64 Å². The number of phenolic OH excluding ortho intramolecular Hbond substituents is 1. The molecule has 1 aliphatic rings. The number of hydrogen-bond donors (Lipinski definition) is 1. The summed E-state index contributed by atoms with van der Waals surface area (Å²) in [5, 5.41) is 10.3. The number of hydrogen-bond acceptors (Lipinski definition) is 7. The van der Waals surface area contributed by atoms with Crippen molar-refractivity contribution in [1.82, 2.24) is 14.9 Å². The summed E-state index contributed by atoms with van der Waals surface area (Å²) in [7, 11) is 1.48. The maximum Gasteiger partial charge on any atom is 0.225 e. The molecule has 1 aromatic carbocycles. The van der Waals surface area contributed by atoms with Crippen LogP contribution in [0.25, 0.3) is 0 Å². The van der Waals surface area contributed by atoms with Crippen LogP contribution in [0.5, 0.6) is 11.5 Å². The van der Waals surface area contributed by atoms with Gasteiger partial charge in [-0.05, 0) is 18.2 Å². The van der Waals surface area contributed by atoms with Gasteiger partial charge < -0.3 is 14.7 Å². The Morgan fingerprint density at radius 1 is 1.21 bits per heavy atom. The van der Waals surface area contributed by atoms with E-state index in [0.717, 1.165) is 38.4 Å². The van der Waals surface area contributed by atoms with Crippen molar-refractivity contribution < 1.29 is 14.6 Å². The van der Waals surface area contributed by atoms with Gasteiger partial charge in [0.1, 0.15) is 6.29 Å². The van der Waals surface area contributed by atoms with E-state index in [1.165, 1.54) is 13.2 Å². The molecular weight excluding hydrogens is 308 g/mol. The number of anilines is 1. The second kappa shape index (κ2) is 7.27. The first-order valence-corrected chi connectivity index (χ1v) is 7.80. The standard InChI is InChI=1S/C17H20N4O3/c1-24-15-10-13(12-22)9-14(16(15)23)11-20-5-7-21(8-6-20)17-18-3-2-4-19-17/h2-4,9-10,12,23H,5-8,11H2,1H3. The first-order valence-electron chi connectivity index (χ1n) is 7.80. The zero-order valence-corrected chi connectivity index (χ0v) is 13.6. The van der Waals surface area contributed by atoms with Crippen LogP contribution in [-0.2, 0) is 6.54 Å². The van der Waals surface area contributed by atoms with E-state index >= 15 is 0 Å². The number of carbonyl (C=O) groups is 1. The smallest absolute Gasteiger partial charge is 0.225 e. The number of methoxy groups -OCH3 is 1. The highest BCUT2D eigenvalue weighted by Gasteiger charge is 2.20. The third-order valence-electron chi connectivity index (χ3n) is 4.13. The van der Waals surface area contributed by atoms with Crippen molar-refractivity contribution in [2.24, 2.45) is 0 Å². The Bertz CT molecular complexity index is 700. The number of carbonyl (C=O) groups excluding carboxylic acids is 1. The van der Waals surface area contributed by atoms with Gasteiger partial charge in [-0.1, -0.05) is 0 Å². The number of phenols is 1. The van der Waals surface area contributed by atoms with Crippen molar-refractivity contribution in [3.8, 4) is 11.5 Å². The Morgan fingerprint density at radius 3 is 2.54 bits per heavy atom. The Morgan fingerprint density at radius 2 is 1.92 bits per heavy atom. The van der Waals surface area contributed by atoms with Gasteiger partial charge in [0.15, 0.2) is 11.5 Å². The van der Waals surface area contributed by atoms with Gasteiger partial charge in [0.2, 0.25) is 5.95 Å². The molecule has 0 unspecified atom stereocenters. The van der Waals surface area contributed by atoms with Crippen LogP contribution in [0.1, 0.15) is 15.9 Å². The molecule has 1 fully saturated rings. The van der Waals surface area contributed by atoms with Gasteiger partial charge in [-0.15, -0.1) is 0 Å². The second-order valence-corrected chi connectivity index (χ2v) is 5.66. The van der Waals surface area contributed by atoms with Crippen LogP contribution in [0.15, 0.2) is 30.6 Å². The van der Waals surface area contributed by atoms with E-state index in [2.05, 4.69) is 19.8 Å². The summed E-state index contributed by atoms with van der Waals surface area (Å²) in [6, 6.07) is 5.05. The fourth-order valence-electron chi connectivity index (χ4n) is 2.83. The molecule has 0 spiro atoms. The van der Waals surface area contributed by atoms with Gasteiger partial charge in [0.25, 0.3) is 0 Å². The maximum atomic E-state index is 11.1. The zero-order valence-electron chi connectivity index (χ0n) is 13.6. The van der Waals surface area contributed by atoms with E-state index < -0.39 is 0 Å². The number of aldehydes is 1. The average molecular weight is 328 g/mol. The van der Waals surface area contributed by atoms with E-state index in [9.17, 15) is 9.90 Å². The zero-order chi connectivity index (χ0) is 16.9. The molecule has 1 N–H and O–H groups in total. The molecule has 126 valence electrons. The van der Waals surface area contributed by atoms with E-state index in [4.69, 9.17) is 4.74 Å². The summed E-state index contributed by atoms with van der Waals surface area (Å²) in [5.74, 6) is 1.16. The molecule has 3 rings (SSSR count). The Labute approximate surface area is 140 Å². The summed E-state index contributed by atoms with van der Waals surface area (Å²) in [6.45, 7) is 3.84. The monoisotopic (exact) mass is 328 g/mol. The van der Waals surface area contributed by atoms with Crippen molar-refractivity contribution in [2.45, 2.75) is 6.54 Å². The molecule has 0 amide bonds. The number of rotatable bonds is 5. The van der Waals surface area contributed by atoms with E-state index in [1.54, 1.807) is 24.5 Å². The third kappa shape index (κ3) is 3.46. The first kappa shape index (κ1) is 16.2. The lowest BCUT2D eigenvalue weighted by Crippen LogP contribution is -2.46. The molecule has 0 aliphatic carbocycles. The Kier molecular flexibility index (Phi) is 4.90. The van der Waals surface area contributed by atoms with Crippen LogP contribution in [0.2, 0.25) is 0 Å². The van der Waals surface area contributed by atoms with Crippen LogP contribution in [0.4, 0.5) is 5.95 Å². The summed E-state index contributed by atoms with van der Waals surface area (Å²) in [6.07, 6.45) is 4.24. The average Bonchev–Trinajstić information content (AvgIpc) is 2.64. The van der Waals surface area contributed by atoms with Crippen molar-refractivity contribution in [2.75, 3.05) is 38.2 Å². The number of benzene rings is 1. The van der Waals surface area contributed by atoms with E-state index in [1.807, 2.05) is 0 Å². The third-order valence-corrected chi connectivity index (χ3v) is 4.13. The van der Waals surface area contributed by atoms with Crippen LogP contribution >= 0.6 is 0 Å². The van der Waals surface area contributed by atoms with Crippen LogP contribution in [0, 0.1) is 0 Å². The van der Waals surface area contributed by atoms with Gasteiger partial charge in [-0.2, -0.15) is 0 Å². The maximum absolute atomic E-state index is 11.1. The molecule has 1 aromatic heterocycles. The highest BCUT2D eigenvalue weighted by molar-refractivity contribution is 5.77. The molecule has 7 heteroatoms. The molecule has 2 heterocycles. The molecule has 1 saturated heterocycles. The normalized spacial score (nSPS) is 15.3. The predicted octanol–water partition coefficient (Wildman–Crippen LogP) is 1.33. The number of aromatic nitrogens is 2. The minimum Gasteiger partial charge on any atom is -0.504 e. The van der Waals surface area contributed by atoms with Gasteiger partial charge in [0.05, 0.1) is 7.11 Å². The van der Waals surface area contributed by atoms with Crippen LogP contribution in [0.3, 0.4) is 0 Å². The Hall–Kier alpha value is -2.67. The molecule has 2 aromatic rings. The lowest BCUT2D eigenvalue weighted by atomic mass is 10.1. The molecular formula is C17H20N4O3. The summed E-state index contributed by atoms with van der Waals surface area (Å²) in [4.78, 5) is 24.0. The SMILES string of the molecule is COc1cc(C=O)cc(CN2CCN(c3ncccn3)CC2)c1O. The summed E-state index contributed by atoms with van der Waals surface area (Å²) in [5.41, 5.74) is 1.19. The highest BCUT2D eigenvalue weighted by Crippen LogP contribution is 2.32. The quantitative estimate of drug-likeness (QED) is 0.829. The van der Waals surface area contributed by atoms with Crippen molar-refractivity contribution in [3.63, 3.8) is 0 Å². The molecule has 0 bridgehead atoms. The largest absolute Gasteiger partial charge is 0.504 e. The fraction of sp³-hybridized carbons (Fsp3) is 0.353. The Balaban J connectivity index is 1.67. The number of aromatic hydroxyl groups is 1. The van der Waals surface area contributed by atoms with Crippen molar-refractivity contribution in [3.05, 3.63) is 41.7 Å². The minimum atomic E-state index is 0.0944. The number of nitrogens with zero attached hydrogens (tertiary/aromatic N) is 4. The van der Waals surface area contributed by atoms with E-state index in [0.29, 0.717) is 23.4 Å². The molecule has 0 saturated carbocycles. The van der Waals surface area contributed by atoms with Crippen molar-refractivity contribution in [1.29, 1.82) is 0 Å². The van der Waals surface area contributed by atoms with Gasteiger partial charge in [0, 0.05) is 56.2 Å². The van der Waals surface area contributed by atoms with E-state index in [-0.39, 0.29) is 5.75 Å². The minimum absolute atomic E-state index is 0.0944. The summed E-state index contributed by atoms with van der Waals surface area (Å²) >= 11 is 0. The molecule has 24 heavy (non-hydrogen) atoms. The molecule has 0 radical (unpaired) electrons. The molecule has 1 aliphatic heterocycles. The first-order chi connectivity index (χ1) is 11.7. The number of piperazine rings is 1. The number of ether oxygens (including phenoxy) is 1. The lowest BCUT2D eigenvalue weighted by Gasteiger charge is -2.34. The highest BCUT2D eigenvalue weighted by atomic mass is 16.5. The lowest BCUT2D eigenvalue weighted by molar-refractivity contribution is 0.112. The van der Waals surface area contributed by atoms with Gasteiger partial charge >= 0.3 is 0 Å². The topological polar surface area (TPSA) is 78.8 Å². The fourth-order valence-corrected chi connectivity index (χ4v) is 2.83.